The maximum atomic E-state index is 2.52. The highest BCUT2D eigenvalue weighted by Gasteiger charge is 2.24. The summed E-state index contributed by atoms with van der Waals surface area (Å²) >= 11 is 0. The maximum absolute atomic E-state index is 2.52. The summed E-state index contributed by atoms with van der Waals surface area (Å²) < 4.78 is 0. The molecule has 0 N–H and O–H groups in total. The lowest BCUT2D eigenvalue weighted by Gasteiger charge is -2.28. The third kappa shape index (κ3) is 5.92. The minimum atomic E-state index is 0.655. The highest BCUT2D eigenvalue weighted by molar-refractivity contribution is 4.77. The lowest BCUT2D eigenvalue weighted by atomic mass is 9.77. The lowest BCUT2D eigenvalue weighted by molar-refractivity contribution is 0.240. The molecule has 0 aliphatic heterocycles. The molecule has 1 fully saturated rings. The molecule has 0 radical (unpaired) electrons. The van der Waals surface area contributed by atoms with Crippen LogP contribution >= 0.6 is 0 Å². The molecule has 16 heavy (non-hydrogen) atoms. The summed E-state index contributed by atoms with van der Waals surface area (Å²) in [6, 6.07) is 0. The van der Waals surface area contributed by atoms with Gasteiger partial charge in [-0.3, -0.25) is 0 Å². The van der Waals surface area contributed by atoms with Gasteiger partial charge in [-0.1, -0.05) is 78.6 Å². The topological polar surface area (TPSA) is 0 Å². The van der Waals surface area contributed by atoms with Gasteiger partial charge in [0.25, 0.3) is 0 Å². The van der Waals surface area contributed by atoms with Crippen LogP contribution in [0.15, 0.2) is 0 Å². The molecule has 0 amide bonds. The molecule has 0 bridgehead atoms. The monoisotopic (exact) mass is 224 g/mol. The summed E-state index contributed by atoms with van der Waals surface area (Å²) in [4.78, 5) is 0. The van der Waals surface area contributed by atoms with E-state index in [-0.39, 0.29) is 0 Å². The van der Waals surface area contributed by atoms with Crippen LogP contribution in [0.5, 0.6) is 0 Å². The van der Waals surface area contributed by atoms with Crippen molar-refractivity contribution in [3.8, 4) is 0 Å². The Kier molecular flexibility index (Phi) is 6.46. The molecule has 96 valence electrons. The van der Waals surface area contributed by atoms with E-state index in [0.717, 1.165) is 5.92 Å². The molecule has 1 unspecified atom stereocenters. The fraction of sp³-hybridized carbons (Fsp3) is 1.00. The minimum absolute atomic E-state index is 0.655. The Morgan fingerprint density at radius 2 is 1.62 bits per heavy atom. The van der Waals surface area contributed by atoms with E-state index in [4.69, 9.17) is 0 Å². The summed E-state index contributed by atoms with van der Waals surface area (Å²) in [7, 11) is 0. The van der Waals surface area contributed by atoms with Gasteiger partial charge in [-0.15, -0.1) is 0 Å². The van der Waals surface area contributed by atoms with E-state index in [1.54, 1.807) is 0 Å². The Hall–Kier alpha value is 0. The van der Waals surface area contributed by atoms with Crippen LogP contribution in [0.4, 0.5) is 0 Å². The highest BCUT2D eigenvalue weighted by atomic mass is 14.3. The van der Waals surface area contributed by atoms with Gasteiger partial charge in [-0.2, -0.15) is 0 Å². The van der Waals surface area contributed by atoms with Crippen LogP contribution in [-0.4, -0.2) is 0 Å². The van der Waals surface area contributed by atoms with Crippen LogP contribution in [0, 0.1) is 11.3 Å². The van der Waals surface area contributed by atoms with E-state index in [1.165, 1.54) is 70.6 Å². The van der Waals surface area contributed by atoms with Crippen LogP contribution < -0.4 is 0 Å². The Bertz CT molecular complexity index is 169. The van der Waals surface area contributed by atoms with Crippen molar-refractivity contribution in [2.75, 3.05) is 0 Å². The van der Waals surface area contributed by atoms with Gasteiger partial charge < -0.3 is 0 Å². The van der Waals surface area contributed by atoms with Crippen LogP contribution in [0.2, 0.25) is 0 Å². The molecule has 1 aliphatic rings. The first-order valence-corrected chi connectivity index (χ1v) is 7.70. The zero-order valence-electron chi connectivity index (χ0n) is 11.9. The summed E-state index contributed by atoms with van der Waals surface area (Å²) in [6.07, 6.45) is 16.1. The number of hydrogen-bond acceptors (Lipinski definition) is 0. The fourth-order valence-electron chi connectivity index (χ4n) is 2.68. The molecule has 0 spiro atoms. The third-order valence-corrected chi connectivity index (χ3v) is 4.58. The molecule has 1 saturated carbocycles. The highest BCUT2D eigenvalue weighted by Crippen LogP contribution is 2.38. The summed E-state index contributed by atoms with van der Waals surface area (Å²) in [5.74, 6) is 1.13. The zero-order chi connectivity index (χ0) is 11.9. The van der Waals surface area contributed by atoms with Crippen molar-refractivity contribution in [3.63, 3.8) is 0 Å². The van der Waals surface area contributed by atoms with Crippen molar-refractivity contribution in [2.24, 2.45) is 11.3 Å². The maximum Gasteiger partial charge on any atom is -0.0328 e. The predicted octanol–water partition coefficient (Wildman–Crippen LogP) is 5.95. The first-order valence-electron chi connectivity index (χ1n) is 7.70. The van der Waals surface area contributed by atoms with Crippen LogP contribution in [0.3, 0.4) is 0 Å². The van der Waals surface area contributed by atoms with Gasteiger partial charge in [0.15, 0.2) is 0 Å². The Morgan fingerprint density at radius 3 is 2.19 bits per heavy atom. The van der Waals surface area contributed by atoms with Gasteiger partial charge in [-0.25, -0.2) is 0 Å². The van der Waals surface area contributed by atoms with Gasteiger partial charge in [-0.05, 0) is 24.2 Å². The summed E-state index contributed by atoms with van der Waals surface area (Å²) in [5.41, 5.74) is 0.655. The standard InChI is InChI=1S/C16H32/c1-4-6-7-8-13-16(3,5-2)14-9-10-15-11-12-15/h15H,4-14H2,1-3H3. The van der Waals surface area contributed by atoms with Crippen molar-refractivity contribution in [2.45, 2.75) is 91.4 Å². The molecule has 0 aromatic heterocycles. The number of unbranched alkanes of at least 4 members (excludes halogenated alkanes) is 3. The van der Waals surface area contributed by atoms with E-state index in [0.29, 0.717) is 5.41 Å². The molecule has 1 rings (SSSR count). The van der Waals surface area contributed by atoms with Crippen LogP contribution in [0.25, 0.3) is 0 Å². The first-order chi connectivity index (χ1) is 7.70. The van der Waals surface area contributed by atoms with Gasteiger partial charge >= 0.3 is 0 Å². The predicted molar refractivity (Wildman–Crippen MR) is 73.7 cm³/mol. The van der Waals surface area contributed by atoms with Gasteiger partial charge in [0.05, 0.1) is 0 Å². The van der Waals surface area contributed by atoms with E-state index in [1.807, 2.05) is 0 Å². The second-order valence-electron chi connectivity index (χ2n) is 6.31. The van der Waals surface area contributed by atoms with Crippen molar-refractivity contribution in [3.05, 3.63) is 0 Å². The molecule has 1 aliphatic carbocycles. The molecule has 0 nitrogen and oxygen atoms in total. The third-order valence-electron chi connectivity index (χ3n) is 4.58. The molecular weight excluding hydrogens is 192 g/mol. The van der Waals surface area contributed by atoms with Crippen LogP contribution in [-0.2, 0) is 0 Å². The van der Waals surface area contributed by atoms with Crippen molar-refractivity contribution in [1.29, 1.82) is 0 Å². The van der Waals surface area contributed by atoms with Crippen molar-refractivity contribution in [1.82, 2.24) is 0 Å². The summed E-state index contributed by atoms with van der Waals surface area (Å²) in [6.45, 7) is 7.21. The Morgan fingerprint density at radius 1 is 0.938 bits per heavy atom. The second-order valence-corrected chi connectivity index (χ2v) is 6.31. The first kappa shape index (κ1) is 14.1. The average molecular weight is 224 g/mol. The van der Waals surface area contributed by atoms with Crippen LogP contribution in [0.1, 0.15) is 91.4 Å². The lowest BCUT2D eigenvalue weighted by Crippen LogP contribution is -2.15. The smallest absolute Gasteiger partial charge is 0.0328 e. The largest absolute Gasteiger partial charge is 0.0654 e. The molecule has 0 aromatic carbocycles. The molecule has 0 saturated heterocycles. The SMILES string of the molecule is CCCCCCC(C)(CC)CCCC1CC1. The van der Waals surface area contributed by atoms with Gasteiger partial charge in [0.1, 0.15) is 0 Å². The molecular formula is C16H32. The Labute approximate surface area is 103 Å². The van der Waals surface area contributed by atoms with Gasteiger partial charge in [0.2, 0.25) is 0 Å². The molecule has 0 heterocycles. The molecule has 1 atom stereocenters. The van der Waals surface area contributed by atoms with E-state index < -0.39 is 0 Å². The second kappa shape index (κ2) is 7.35. The minimum Gasteiger partial charge on any atom is -0.0654 e. The number of hydrogen-bond donors (Lipinski definition) is 0. The fourth-order valence-corrected chi connectivity index (χ4v) is 2.68. The Balaban J connectivity index is 2.08. The zero-order valence-corrected chi connectivity index (χ0v) is 11.9. The number of rotatable bonds is 10. The normalized spacial score (nSPS) is 19.7. The van der Waals surface area contributed by atoms with Gasteiger partial charge in [0, 0.05) is 0 Å². The quantitative estimate of drug-likeness (QED) is 0.402. The average Bonchev–Trinajstić information content (AvgIpc) is 3.09. The van der Waals surface area contributed by atoms with E-state index in [2.05, 4.69) is 20.8 Å². The molecule has 0 aromatic rings. The van der Waals surface area contributed by atoms with E-state index >= 15 is 0 Å². The van der Waals surface area contributed by atoms with Crippen molar-refractivity contribution >= 4 is 0 Å². The van der Waals surface area contributed by atoms with Crippen molar-refractivity contribution < 1.29 is 0 Å². The summed E-state index contributed by atoms with van der Waals surface area (Å²) in [5, 5.41) is 0. The molecule has 0 heteroatoms. The van der Waals surface area contributed by atoms with E-state index in [9.17, 15) is 0 Å².